The van der Waals surface area contributed by atoms with Crippen LogP contribution in [-0.4, -0.2) is 19.4 Å². The molecule has 0 saturated carbocycles. The highest BCUT2D eigenvalue weighted by atomic mass is 19.1. The largest absolute Gasteiger partial charge is 0.508 e. The third-order valence-corrected chi connectivity index (χ3v) is 4.44. The number of hydrogen-bond donors (Lipinski definition) is 1. The zero-order valence-electron chi connectivity index (χ0n) is 14.6. The lowest BCUT2D eigenvalue weighted by Gasteiger charge is -2.05. The lowest BCUT2D eigenvalue weighted by Crippen LogP contribution is -1.89. The SMILES string of the molecule is C.COc1cccc2c1CCC2.Oc1cccc2c1CCC2.[2H]CF. The van der Waals surface area contributed by atoms with Crippen molar-refractivity contribution in [3.63, 3.8) is 0 Å². The standard InChI is InChI=1S/C10H12O.C9H10O.CH3F.CH4/c1-11-10-7-3-5-8-4-2-6-9(8)10;10-9-6-2-4-7-3-1-5-8(7)9;1-2;/h3,5,7H,2,4,6H2,1H3;2,4,6,10H,1,3,5H2;1H3;1H4/i;;1D;. The summed E-state index contributed by atoms with van der Waals surface area (Å²) < 4.78 is 20.8. The smallest absolute Gasteiger partial charge is 0.122 e. The Bertz CT molecular complexity index is 658. The third-order valence-electron chi connectivity index (χ3n) is 4.44. The minimum absolute atomic E-state index is 0. The maximum absolute atomic E-state index is 9.96. The molecule has 3 heteroatoms. The van der Waals surface area contributed by atoms with Gasteiger partial charge in [0, 0.05) is 0 Å². The van der Waals surface area contributed by atoms with Crippen LogP contribution in [0.15, 0.2) is 36.4 Å². The van der Waals surface area contributed by atoms with Crippen molar-refractivity contribution in [2.75, 3.05) is 14.3 Å². The molecular weight excluding hydrogens is 303 g/mol. The Morgan fingerprint density at radius 2 is 1.50 bits per heavy atom. The molecule has 2 aliphatic rings. The number of rotatable bonds is 1. The predicted molar refractivity (Wildman–Crippen MR) is 98.9 cm³/mol. The summed E-state index contributed by atoms with van der Waals surface area (Å²) in [6.45, 7) is 0. The Labute approximate surface area is 146 Å². The van der Waals surface area contributed by atoms with Gasteiger partial charge in [0.15, 0.2) is 0 Å². The molecular formula is C21H29FO2. The van der Waals surface area contributed by atoms with E-state index in [0.29, 0.717) is 5.75 Å². The molecule has 1 N–H and O–H groups in total. The molecule has 0 aliphatic heterocycles. The number of methoxy groups -OCH3 is 1. The molecule has 2 aliphatic carbocycles. The van der Waals surface area contributed by atoms with E-state index >= 15 is 0 Å². The second kappa shape index (κ2) is 9.96. The summed E-state index contributed by atoms with van der Waals surface area (Å²) in [5, 5.41) is 9.33. The summed E-state index contributed by atoms with van der Waals surface area (Å²) in [6, 6.07) is 12.1. The molecule has 0 unspecified atom stereocenters. The molecule has 2 aromatic rings. The van der Waals surface area contributed by atoms with E-state index < -0.39 is 7.15 Å². The fourth-order valence-corrected chi connectivity index (χ4v) is 3.38. The van der Waals surface area contributed by atoms with E-state index in [0.717, 1.165) is 18.6 Å². The number of phenols is 1. The summed E-state index contributed by atoms with van der Waals surface area (Å²) in [7, 11) is 0.744. The van der Waals surface area contributed by atoms with Gasteiger partial charge in [-0.25, -0.2) is 0 Å². The average Bonchev–Trinajstić information content (AvgIpc) is 3.25. The molecule has 4 rings (SSSR count). The van der Waals surface area contributed by atoms with E-state index in [-0.39, 0.29) is 7.43 Å². The Hall–Kier alpha value is -2.03. The monoisotopic (exact) mass is 333 g/mol. The normalized spacial score (nSPS) is 13.8. The minimum atomic E-state index is -1.00. The first kappa shape index (κ1) is 18.3. The number of fused-ring (bicyclic) bond motifs is 2. The first-order valence-corrected chi connectivity index (χ1v) is 8.01. The van der Waals surface area contributed by atoms with E-state index in [2.05, 4.69) is 18.2 Å². The van der Waals surface area contributed by atoms with E-state index in [1.165, 1.54) is 47.9 Å². The van der Waals surface area contributed by atoms with E-state index in [1.54, 1.807) is 13.2 Å². The van der Waals surface area contributed by atoms with Gasteiger partial charge in [0.25, 0.3) is 0 Å². The Kier molecular flexibility index (Phi) is 7.60. The van der Waals surface area contributed by atoms with Gasteiger partial charge in [-0.2, -0.15) is 0 Å². The van der Waals surface area contributed by atoms with Crippen LogP contribution in [-0.2, 0) is 25.7 Å². The number of aryl methyl sites for hydroxylation is 2. The van der Waals surface area contributed by atoms with Crippen molar-refractivity contribution in [2.24, 2.45) is 0 Å². The van der Waals surface area contributed by atoms with E-state index in [1.807, 2.05) is 12.1 Å². The fraction of sp³-hybridized carbons (Fsp3) is 0.429. The van der Waals surface area contributed by atoms with Crippen molar-refractivity contribution in [2.45, 2.75) is 46.0 Å². The number of aromatic hydroxyl groups is 1. The first-order valence-electron chi connectivity index (χ1n) is 8.71. The molecule has 132 valence electrons. The summed E-state index contributed by atoms with van der Waals surface area (Å²) in [4.78, 5) is 0. The second-order valence-electron chi connectivity index (χ2n) is 5.72. The van der Waals surface area contributed by atoms with Gasteiger partial charge in [-0.05, 0) is 72.9 Å². The lowest BCUT2D eigenvalue weighted by atomic mass is 10.1. The topological polar surface area (TPSA) is 29.5 Å². The van der Waals surface area contributed by atoms with Crippen LogP contribution < -0.4 is 4.74 Å². The van der Waals surface area contributed by atoms with Crippen LogP contribution in [0.1, 0.15) is 43.9 Å². The molecule has 0 amide bonds. The van der Waals surface area contributed by atoms with Crippen LogP contribution >= 0.6 is 0 Å². The number of halogens is 1. The van der Waals surface area contributed by atoms with Gasteiger partial charge in [0.1, 0.15) is 11.5 Å². The second-order valence-corrected chi connectivity index (χ2v) is 5.72. The number of benzene rings is 2. The molecule has 0 saturated heterocycles. The van der Waals surface area contributed by atoms with Crippen LogP contribution in [0, 0.1) is 0 Å². The maximum atomic E-state index is 9.96. The maximum Gasteiger partial charge on any atom is 0.122 e. The van der Waals surface area contributed by atoms with Crippen molar-refractivity contribution in [1.82, 2.24) is 0 Å². The van der Waals surface area contributed by atoms with Crippen molar-refractivity contribution in [3.8, 4) is 11.5 Å². The van der Waals surface area contributed by atoms with Gasteiger partial charge in [-0.15, -0.1) is 0 Å². The van der Waals surface area contributed by atoms with Gasteiger partial charge in [-0.1, -0.05) is 31.7 Å². The molecule has 0 aromatic heterocycles. The molecule has 0 spiro atoms. The first-order chi connectivity index (χ1) is 11.7. The zero-order chi connectivity index (χ0) is 17.4. The Balaban J connectivity index is 0.000000210. The van der Waals surface area contributed by atoms with Gasteiger partial charge < -0.3 is 9.84 Å². The molecule has 2 nitrogen and oxygen atoms in total. The molecule has 0 fully saturated rings. The lowest BCUT2D eigenvalue weighted by molar-refractivity contribution is 0.410. The molecule has 0 atom stereocenters. The molecule has 0 radical (unpaired) electrons. The molecule has 24 heavy (non-hydrogen) atoms. The number of alkyl halides is 1. The van der Waals surface area contributed by atoms with Crippen molar-refractivity contribution in [1.29, 1.82) is 0 Å². The molecule has 0 heterocycles. The highest BCUT2D eigenvalue weighted by Gasteiger charge is 2.14. The summed E-state index contributed by atoms with van der Waals surface area (Å²) in [6.07, 6.45) is 7.11. The average molecular weight is 333 g/mol. The quantitative estimate of drug-likeness (QED) is 0.768. The van der Waals surface area contributed by atoms with Crippen LogP contribution in [0.2, 0.25) is 0 Å². The van der Waals surface area contributed by atoms with Crippen molar-refractivity contribution in [3.05, 3.63) is 58.7 Å². The molecule has 0 bridgehead atoms. The highest BCUT2D eigenvalue weighted by Crippen LogP contribution is 2.30. The Morgan fingerprint density at radius 1 is 0.958 bits per heavy atom. The van der Waals surface area contributed by atoms with Gasteiger partial charge >= 0.3 is 0 Å². The fourth-order valence-electron chi connectivity index (χ4n) is 3.38. The number of ether oxygens (including phenoxy) is 1. The van der Waals surface area contributed by atoms with E-state index in [9.17, 15) is 9.50 Å². The number of phenolic OH excluding ortho intramolecular Hbond substituents is 1. The van der Waals surface area contributed by atoms with Gasteiger partial charge in [-0.3, -0.25) is 4.39 Å². The summed E-state index contributed by atoms with van der Waals surface area (Å²) >= 11 is 0. The summed E-state index contributed by atoms with van der Waals surface area (Å²) in [5.41, 5.74) is 5.40. The third kappa shape index (κ3) is 4.50. The highest BCUT2D eigenvalue weighted by molar-refractivity contribution is 5.43. The van der Waals surface area contributed by atoms with Gasteiger partial charge in [0.05, 0.1) is 15.6 Å². The zero-order valence-corrected chi connectivity index (χ0v) is 13.6. The van der Waals surface area contributed by atoms with Crippen molar-refractivity contribution < 1.29 is 15.6 Å². The van der Waals surface area contributed by atoms with Crippen LogP contribution in [0.3, 0.4) is 0 Å². The van der Waals surface area contributed by atoms with Crippen LogP contribution in [0.4, 0.5) is 4.39 Å². The van der Waals surface area contributed by atoms with Crippen LogP contribution in [0.5, 0.6) is 11.5 Å². The van der Waals surface area contributed by atoms with Gasteiger partial charge in [0.2, 0.25) is 0 Å². The summed E-state index contributed by atoms with van der Waals surface area (Å²) in [5.74, 6) is 1.55. The number of hydrogen-bond acceptors (Lipinski definition) is 2. The molecule has 2 aromatic carbocycles. The van der Waals surface area contributed by atoms with Crippen molar-refractivity contribution >= 4 is 0 Å². The van der Waals surface area contributed by atoms with Crippen LogP contribution in [0.25, 0.3) is 0 Å². The Morgan fingerprint density at radius 3 is 2.08 bits per heavy atom. The minimum Gasteiger partial charge on any atom is -0.508 e. The predicted octanol–water partition coefficient (Wildman–Crippen LogP) is 5.29. The van der Waals surface area contributed by atoms with E-state index in [4.69, 9.17) is 6.11 Å².